The summed E-state index contributed by atoms with van der Waals surface area (Å²) in [5.41, 5.74) is 0.974. The maximum absolute atomic E-state index is 13.1. The molecule has 1 amide bonds. The first-order chi connectivity index (χ1) is 11.6. The SMILES string of the molecule is Cn1cccc(C(=O)N2CCCCC(c3ccc(F)cc3)C2)c1=O. The fraction of sp³-hybridized carbons (Fsp3) is 0.368. The molecule has 1 aromatic heterocycles. The van der Waals surface area contributed by atoms with Gasteiger partial charge in [-0.25, -0.2) is 4.39 Å². The summed E-state index contributed by atoms with van der Waals surface area (Å²) >= 11 is 0. The Hall–Kier alpha value is -2.43. The van der Waals surface area contributed by atoms with Gasteiger partial charge in [0.15, 0.2) is 0 Å². The maximum Gasteiger partial charge on any atom is 0.263 e. The Bertz CT molecular complexity index is 783. The van der Waals surface area contributed by atoms with Crippen LogP contribution in [0.15, 0.2) is 47.4 Å². The summed E-state index contributed by atoms with van der Waals surface area (Å²) < 4.78 is 14.6. The zero-order valence-corrected chi connectivity index (χ0v) is 13.7. The molecule has 0 radical (unpaired) electrons. The minimum Gasteiger partial charge on any atom is -0.338 e. The summed E-state index contributed by atoms with van der Waals surface area (Å²) in [6.07, 6.45) is 4.53. The number of nitrogens with zero attached hydrogens (tertiary/aromatic N) is 2. The van der Waals surface area contributed by atoms with Gasteiger partial charge in [-0.2, -0.15) is 0 Å². The number of benzene rings is 1. The summed E-state index contributed by atoms with van der Waals surface area (Å²) in [5, 5.41) is 0. The van der Waals surface area contributed by atoms with Crippen LogP contribution in [0.25, 0.3) is 0 Å². The summed E-state index contributed by atoms with van der Waals surface area (Å²) in [6.45, 7) is 1.21. The van der Waals surface area contributed by atoms with Gasteiger partial charge in [0.1, 0.15) is 11.4 Å². The van der Waals surface area contributed by atoms with Crippen molar-refractivity contribution in [2.75, 3.05) is 13.1 Å². The second kappa shape index (κ2) is 6.99. The van der Waals surface area contributed by atoms with Crippen molar-refractivity contribution in [3.8, 4) is 0 Å². The average Bonchev–Trinajstić information content (AvgIpc) is 2.84. The van der Waals surface area contributed by atoms with E-state index in [1.165, 1.54) is 16.7 Å². The highest BCUT2D eigenvalue weighted by atomic mass is 19.1. The molecular formula is C19H21FN2O2. The number of pyridine rings is 1. The van der Waals surface area contributed by atoms with E-state index in [0.717, 1.165) is 24.8 Å². The Morgan fingerprint density at radius 2 is 1.92 bits per heavy atom. The molecule has 0 spiro atoms. The monoisotopic (exact) mass is 328 g/mol. The molecule has 2 aromatic rings. The van der Waals surface area contributed by atoms with E-state index >= 15 is 0 Å². The van der Waals surface area contributed by atoms with Gasteiger partial charge in [-0.05, 0) is 42.7 Å². The molecule has 3 rings (SSSR count). The molecule has 5 heteroatoms. The van der Waals surface area contributed by atoms with Gasteiger partial charge >= 0.3 is 0 Å². The van der Waals surface area contributed by atoms with Crippen LogP contribution in [0.1, 0.15) is 41.1 Å². The molecule has 126 valence electrons. The van der Waals surface area contributed by atoms with Gasteiger partial charge in [0, 0.05) is 32.3 Å². The van der Waals surface area contributed by atoms with Gasteiger partial charge in [0.05, 0.1) is 0 Å². The lowest BCUT2D eigenvalue weighted by molar-refractivity contribution is 0.0752. The van der Waals surface area contributed by atoms with E-state index in [-0.39, 0.29) is 28.8 Å². The molecule has 1 aliphatic rings. The number of carbonyl (C=O) groups excluding carboxylic acids is 1. The van der Waals surface area contributed by atoms with Gasteiger partial charge in [-0.3, -0.25) is 9.59 Å². The van der Waals surface area contributed by atoms with E-state index in [1.807, 2.05) is 0 Å². The van der Waals surface area contributed by atoms with Crippen molar-refractivity contribution in [1.82, 2.24) is 9.47 Å². The number of hydrogen-bond donors (Lipinski definition) is 0. The third-order valence-electron chi connectivity index (χ3n) is 4.65. The number of carbonyl (C=O) groups is 1. The number of hydrogen-bond acceptors (Lipinski definition) is 2. The lowest BCUT2D eigenvalue weighted by atomic mass is 9.94. The zero-order valence-electron chi connectivity index (χ0n) is 13.7. The highest BCUT2D eigenvalue weighted by molar-refractivity contribution is 5.93. The van der Waals surface area contributed by atoms with Crippen LogP contribution in [0.4, 0.5) is 4.39 Å². The Morgan fingerprint density at radius 1 is 1.17 bits per heavy atom. The van der Waals surface area contributed by atoms with Crippen LogP contribution in [0.2, 0.25) is 0 Å². The fourth-order valence-corrected chi connectivity index (χ4v) is 3.26. The third kappa shape index (κ3) is 3.40. The Balaban J connectivity index is 1.84. The van der Waals surface area contributed by atoms with E-state index in [9.17, 15) is 14.0 Å². The van der Waals surface area contributed by atoms with Gasteiger partial charge in [-0.15, -0.1) is 0 Å². The second-order valence-electron chi connectivity index (χ2n) is 6.33. The van der Waals surface area contributed by atoms with Crippen LogP contribution in [0, 0.1) is 5.82 Å². The van der Waals surface area contributed by atoms with Crippen molar-refractivity contribution in [2.24, 2.45) is 7.05 Å². The van der Waals surface area contributed by atoms with Gasteiger partial charge in [0.25, 0.3) is 11.5 Å². The van der Waals surface area contributed by atoms with Crippen LogP contribution in [-0.4, -0.2) is 28.5 Å². The highest BCUT2D eigenvalue weighted by Crippen LogP contribution is 2.27. The molecule has 1 fully saturated rings. The highest BCUT2D eigenvalue weighted by Gasteiger charge is 2.25. The van der Waals surface area contributed by atoms with Crippen LogP contribution in [-0.2, 0) is 7.05 Å². The van der Waals surface area contributed by atoms with Crippen molar-refractivity contribution >= 4 is 5.91 Å². The van der Waals surface area contributed by atoms with Crippen molar-refractivity contribution in [2.45, 2.75) is 25.2 Å². The quantitative estimate of drug-likeness (QED) is 0.851. The molecule has 0 bridgehead atoms. The van der Waals surface area contributed by atoms with Crippen molar-refractivity contribution in [1.29, 1.82) is 0 Å². The lowest BCUT2D eigenvalue weighted by Crippen LogP contribution is -2.38. The minimum atomic E-state index is -0.273. The molecule has 4 nitrogen and oxygen atoms in total. The molecule has 0 aliphatic carbocycles. The molecule has 1 atom stereocenters. The Labute approximate surface area is 140 Å². The standard InChI is InChI=1S/C19H21FN2O2/c1-21-11-4-6-17(18(21)23)19(24)22-12-3-2-5-15(13-22)14-7-9-16(20)10-8-14/h4,6-11,15H,2-3,5,12-13H2,1H3. The molecular weight excluding hydrogens is 307 g/mol. The summed E-state index contributed by atoms with van der Waals surface area (Å²) in [4.78, 5) is 26.8. The number of amides is 1. The smallest absolute Gasteiger partial charge is 0.263 e. The van der Waals surface area contributed by atoms with Gasteiger partial charge in [-0.1, -0.05) is 18.6 Å². The second-order valence-corrected chi connectivity index (χ2v) is 6.33. The normalized spacial score (nSPS) is 18.2. The summed E-state index contributed by atoms with van der Waals surface area (Å²) in [6, 6.07) is 9.79. The largest absolute Gasteiger partial charge is 0.338 e. The van der Waals surface area contributed by atoms with Crippen LogP contribution in [0.5, 0.6) is 0 Å². The topological polar surface area (TPSA) is 42.3 Å². The fourth-order valence-electron chi connectivity index (χ4n) is 3.26. The number of halogens is 1. The number of likely N-dealkylation sites (tertiary alicyclic amines) is 1. The molecule has 1 unspecified atom stereocenters. The third-order valence-corrected chi connectivity index (χ3v) is 4.65. The molecule has 2 heterocycles. The first kappa shape index (κ1) is 16.4. The van der Waals surface area contributed by atoms with Crippen LogP contribution < -0.4 is 5.56 Å². The summed E-state index contributed by atoms with van der Waals surface area (Å²) in [7, 11) is 1.64. The Kier molecular flexibility index (Phi) is 4.79. The number of rotatable bonds is 2. The van der Waals surface area contributed by atoms with Crippen molar-refractivity contribution in [3.63, 3.8) is 0 Å². The van der Waals surface area contributed by atoms with Crippen LogP contribution in [0.3, 0.4) is 0 Å². The zero-order chi connectivity index (χ0) is 17.1. The molecule has 1 saturated heterocycles. The van der Waals surface area contributed by atoms with Gasteiger partial charge < -0.3 is 9.47 Å². The molecule has 1 aromatic carbocycles. The predicted molar refractivity (Wildman–Crippen MR) is 90.6 cm³/mol. The minimum absolute atomic E-state index is 0.171. The first-order valence-corrected chi connectivity index (χ1v) is 8.26. The lowest BCUT2D eigenvalue weighted by Gasteiger charge is -2.25. The van der Waals surface area contributed by atoms with E-state index < -0.39 is 0 Å². The van der Waals surface area contributed by atoms with Crippen LogP contribution >= 0.6 is 0 Å². The van der Waals surface area contributed by atoms with Crippen molar-refractivity contribution < 1.29 is 9.18 Å². The van der Waals surface area contributed by atoms with Crippen molar-refractivity contribution in [3.05, 3.63) is 69.9 Å². The molecule has 24 heavy (non-hydrogen) atoms. The predicted octanol–water partition coefficient (Wildman–Crippen LogP) is 2.93. The van der Waals surface area contributed by atoms with E-state index in [2.05, 4.69) is 0 Å². The van der Waals surface area contributed by atoms with E-state index in [4.69, 9.17) is 0 Å². The van der Waals surface area contributed by atoms with Gasteiger partial charge in [0.2, 0.25) is 0 Å². The number of aromatic nitrogens is 1. The van der Waals surface area contributed by atoms with E-state index in [1.54, 1.807) is 42.4 Å². The maximum atomic E-state index is 13.1. The first-order valence-electron chi connectivity index (χ1n) is 8.26. The molecule has 0 saturated carbocycles. The Morgan fingerprint density at radius 3 is 2.67 bits per heavy atom. The molecule has 1 aliphatic heterocycles. The van der Waals surface area contributed by atoms with E-state index in [0.29, 0.717) is 13.1 Å². The molecule has 0 N–H and O–H groups in total. The number of aryl methyl sites for hydroxylation is 1. The summed E-state index contributed by atoms with van der Waals surface area (Å²) in [5.74, 6) is -0.303. The average molecular weight is 328 g/mol.